The maximum Gasteiger partial charge on any atom is 0.389 e. The molecule has 10 heteroatoms. The molecule has 5 nitrogen and oxygen atoms in total. The Hall–Kier alpha value is -1.26. The fraction of sp³-hybridized carbons (Fsp3) is 0.462. The summed E-state index contributed by atoms with van der Waals surface area (Å²) in [6.07, 6.45) is -4.35. The molecule has 1 aromatic carbocycles. The zero-order valence-electron chi connectivity index (χ0n) is 12.3. The van der Waals surface area contributed by atoms with E-state index in [4.69, 9.17) is 5.14 Å². The van der Waals surface area contributed by atoms with Crippen molar-refractivity contribution >= 4 is 32.8 Å². The monoisotopic (exact) mass is 367 g/mol. The highest BCUT2D eigenvalue weighted by atomic mass is 32.2. The van der Waals surface area contributed by atoms with Crippen LogP contribution in [0.15, 0.2) is 28.3 Å². The number of thioether (sulfide) groups is 1. The van der Waals surface area contributed by atoms with Gasteiger partial charge in [-0.15, -0.1) is 0 Å². The third-order valence-electron chi connectivity index (χ3n) is 3.08. The third-order valence-corrected chi connectivity index (χ3v) is 4.97. The fourth-order valence-electron chi connectivity index (χ4n) is 2.07. The number of hydrogen-bond acceptors (Lipinski definition) is 4. The lowest BCUT2D eigenvalue weighted by Gasteiger charge is -2.08. The average Bonchev–Trinajstić information content (AvgIpc) is 2.74. The topological polar surface area (TPSA) is 78.0 Å². The Labute approximate surface area is 136 Å². The molecule has 2 aromatic rings. The van der Waals surface area contributed by atoms with Crippen LogP contribution in [0.1, 0.15) is 19.8 Å². The Balaban J connectivity index is 2.37. The number of nitrogens with zero attached hydrogens (tertiary/aromatic N) is 2. The van der Waals surface area contributed by atoms with E-state index in [-0.39, 0.29) is 10.6 Å². The maximum absolute atomic E-state index is 12.3. The van der Waals surface area contributed by atoms with Crippen LogP contribution in [0.5, 0.6) is 0 Å². The lowest BCUT2D eigenvalue weighted by atomic mass is 10.3. The van der Waals surface area contributed by atoms with Crippen LogP contribution in [-0.2, 0) is 16.6 Å². The van der Waals surface area contributed by atoms with Crippen LogP contribution >= 0.6 is 11.8 Å². The molecule has 23 heavy (non-hydrogen) atoms. The second-order valence-electron chi connectivity index (χ2n) is 4.96. The van der Waals surface area contributed by atoms with Gasteiger partial charge in [0.1, 0.15) is 0 Å². The summed E-state index contributed by atoms with van der Waals surface area (Å²) < 4.78 is 61.4. The molecule has 0 amide bonds. The largest absolute Gasteiger partial charge is 0.389 e. The van der Waals surface area contributed by atoms with Gasteiger partial charge in [0.25, 0.3) is 0 Å². The van der Waals surface area contributed by atoms with Gasteiger partial charge >= 0.3 is 6.18 Å². The number of imidazole rings is 1. The van der Waals surface area contributed by atoms with E-state index < -0.39 is 22.6 Å². The summed E-state index contributed by atoms with van der Waals surface area (Å²) in [7, 11) is -3.85. The average molecular weight is 367 g/mol. The summed E-state index contributed by atoms with van der Waals surface area (Å²) in [5.41, 5.74) is 1.08. The van der Waals surface area contributed by atoms with Crippen LogP contribution in [0, 0.1) is 0 Å². The van der Waals surface area contributed by atoms with Crippen molar-refractivity contribution in [3.05, 3.63) is 18.2 Å². The molecule has 0 radical (unpaired) electrons. The first-order valence-electron chi connectivity index (χ1n) is 6.84. The van der Waals surface area contributed by atoms with Gasteiger partial charge in [-0.1, -0.05) is 18.7 Å². The van der Waals surface area contributed by atoms with Crippen LogP contribution in [0.2, 0.25) is 0 Å². The summed E-state index contributed by atoms with van der Waals surface area (Å²) in [6.45, 7) is 2.52. The molecule has 2 rings (SSSR count). The summed E-state index contributed by atoms with van der Waals surface area (Å²) in [5, 5.41) is 5.53. The first-order valence-corrected chi connectivity index (χ1v) is 9.37. The number of fused-ring (bicyclic) bond motifs is 1. The van der Waals surface area contributed by atoms with Crippen molar-refractivity contribution in [2.24, 2.45) is 5.14 Å². The number of alkyl halides is 3. The Bertz CT molecular complexity index is 801. The Kier molecular flexibility index (Phi) is 5.27. The number of aryl methyl sites for hydroxylation is 1. The first kappa shape index (κ1) is 18.1. The first-order chi connectivity index (χ1) is 10.6. The van der Waals surface area contributed by atoms with Gasteiger partial charge < -0.3 is 4.57 Å². The molecule has 0 fully saturated rings. The third kappa shape index (κ3) is 4.61. The van der Waals surface area contributed by atoms with Gasteiger partial charge in [0, 0.05) is 12.3 Å². The van der Waals surface area contributed by atoms with Crippen LogP contribution in [0.4, 0.5) is 13.2 Å². The SMILES string of the molecule is CCCn1c(SCCC(F)(F)F)nc2cc(S(N)(=O)=O)ccc21. The van der Waals surface area contributed by atoms with Gasteiger partial charge in [-0.3, -0.25) is 0 Å². The minimum atomic E-state index is -4.21. The number of benzene rings is 1. The molecular formula is C13H16F3N3O2S2. The Morgan fingerprint density at radius 1 is 1.35 bits per heavy atom. The molecule has 0 bridgehead atoms. The maximum atomic E-state index is 12.3. The summed E-state index contributed by atoms with van der Waals surface area (Å²) >= 11 is 1.00. The van der Waals surface area contributed by atoms with Crippen LogP contribution in [0.25, 0.3) is 11.0 Å². The molecule has 2 N–H and O–H groups in total. The molecule has 0 atom stereocenters. The van der Waals surface area contributed by atoms with Crippen LogP contribution in [0.3, 0.4) is 0 Å². The minimum absolute atomic E-state index is 0.0713. The van der Waals surface area contributed by atoms with E-state index >= 15 is 0 Å². The van der Waals surface area contributed by atoms with Crippen molar-refractivity contribution in [2.75, 3.05) is 5.75 Å². The minimum Gasteiger partial charge on any atom is -0.319 e. The van der Waals surface area contributed by atoms with E-state index in [9.17, 15) is 21.6 Å². The predicted molar refractivity (Wildman–Crippen MR) is 82.8 cm³/mol. The highest BCUT2D eigenvalue weighted by Gasteiger charge is 2.27. The highest BCUT2D eigenvalue weighted by molar-refractivity contribution is 7.99. The Morgan fingerprint density at radius 2 is 2.04 bits per heavy atom. The fourth-order valence-corrected chi connectivity index (χ4v) is 3.63. The van der Waals surface area contributed by atoms with E-state index in [0.29, 0.717) is 22.7 Å². The lowest BCUT2D eigenvalue weighted by molar-refractivity contribution is -0.129. The molecular weight excluding hydrogens is 351 g/mol. The van der Waals surface area contributed by atoms with Crippen molar-refractivity contribution in [1.29, 1.82) is 0 Å². The van der Waals surface area contributed by atoms with Gasteiger partial charge in [0.15, 0.2) is 5.16 Å². The van der Waals surface area contributed by atoms with Gasteiger partial charge in [0.05, 0.1) is 22.3 Å². The van der Waals surface area contributed by atoms with E-state index in [1.165, 1.54) is 12.1 Å². The van der Waals surface area contributed by atoms with Crippen molar-refractivity contribution in [1.82, 2.24) is 9.55 Å². The van der Waals surface area contributed by atoms with Gasteiger partial charge in [-0.05, 0) is 24.6 Å². The van der Waals surface area contributed by atoms with E-state index in [2.05, 4.69) is 4.98 Å². The van der Waals surface area contributed by atoms with E-state index in [0.717, 1.165) is 18.2 Å². The number of halogens is 3. The molecule has 128 valence electrons. The quantitative estimate of drug-likeness (QED) is 0.796. The zero-order chi connectivity index (χ0) is 17.3. The molecule has 0 saturated heterocycles. The molecule has 0 saturated carbocycles. The van der Waals surface area contributed by atoms with Crippen LogP contribution < -0.4 is 5.14 Å². The molecule has 1 heterocycles. The molecule has 0 aliphatic carbocycles. The smallest absolute Gasteiger partial charge is 0.319 e. The van der Waals surface area contributed by atoms with Gasteiger partial charge in [-0.25, -0.2) is 18.5 Å². The zero-order valence-corrected chi connectivity index (χ0v) is 13.9. The molecule has 0 aliphatic heterocycles. The second-order valence-corrected chi connectivity index (χ2v) is 7.58. The second kappa shape index (κ2) is 6.70. The highest BCUT2D eigenvalue weighted by Crippen LogP contribution is 2.29. The number of aromatic nitrogens is 2. The molecule has 0 spiro atoms. The molecule has 0 aliphatic rings. The number of primary sulfonamides is 1. The van der Waals surface area contributed by atoms with E-state index in [1.54, 1.807) is 10.6 Å². The van der Waals surface area contributed by atoms with Crippen LogP contribution in [-0.4, -0.2) is 29.9 Å². The number of sulfonamides is 1. The number of nitrogens with two attached hydrogens (primary N) is 1. The van der Waals surface area contributed by atoms with Gasteiger partial charge in [0.2, 0.25) is 10.0 Å². The van der Waals surface area contributed by atoms with Crippen molar-refractivity contribution in [3.63, 3.8) is 0 Å². The molecule has 1 aromatic heterocycles. The number of hydrogen-bond donors (Lipinski definition) is 1. The summed E-state index contributed by atoms with van der Waals surface area (Å²) in [6, 6.07) is 4.28. The lowest BCUT2D eigenvalue weighted by Crippen LogP contribution is -2.11. The van der Waals surface area contributed by atoms with E-state index in [1.807, 2.05) is 6.92 Å². The summed E-state index contributed by atoms with van der Waals surface area (Å²) in [4.78, 5) is 4.19. The standard InChI is InChI=1S/C13H16F3N3O2S2/c1-2-6-19-11-4-3-9(23(17,20)21)8-10(11)18-12(19)22-7-5-13(14,15)16/h3-4,8H,2,5-7H2,1H3,(H2,17,20,21). The molecule has 0 unspecified atom stereocenters. The van der Waals surface area contributed by atoms with Crippen molar-refractivity contribution in [2.45, 2.75) is 42.5 Å². The van der Waals surface area contributed by atoms with Gasteiger partial charge in [-0.2, -0.15) is 13.2 Å². The van der Waals surface area contributed by atoms with Crippen molar-refractivity contribution in [3.8, 4) is 0 Å². The summed E-state index contributed by atoms with van der Waals surface area (Å²) in [5.74, 6) is -0.140. The normalized spacial score (nSPS) is 12.9. The Morgan fingerprint density at radius 3 is 2.61 bits per heavy atom. The predicted octanol–water partition coefficient (Wildman–Crippen LogP) is 3.14. The van der Waals surface area contributed by atoms with Crippen molar-refractivity contribution < 1.29 is 21.6 Å². The number of rotatable bonds is 6.